The summed E-state index contributed by atoms with van der Waals surface area (Å²) in [6.07, 6.45) is 4.46. The van der Waals surface area contributed by atoms with E-state index >= 15 is 0 Å². The van der Waals surface area contributed by atoms with Gasteiger partial charge >= 0.3 is 0 Å². The van der Waals surface area contributed by atoms with Gasteiger partial charge in [0.2, 0.25) is 0 Å². The van der Waals surface area contributed by atoms with E-state index in [-0.39, 0.29) is 0 Å². The molecule has 2 nitrogen and oxygen atoms in total. The van der Waals surface area contributed by atoms with Crippen LogP contribution in [0.25, 0.3) is 10.6 Å². The highest BCUT2D eigenvalue weighted by Crippen LogP contribution is 2.35. The van der Waals surface area contributed by atoms with Gasteiger partial charge in [-0.25, -0.2) is 4.98 Å². The molecule has 0 saturated carbocycles. The van der Waals surface area contributed by atoms with E-state index in [1.807, 2.05) is 11.6 Å². The Balaban J connectivity index is 2.07. The number of thiazole rings is 1. The fourth-order valence-electron chi connectivity index (χ4n) is 2.26. The molecule has 1 fully saturated rings. The number of hydrogen-bond acceptors (Lipinski definition) is 3. The highest BCUT2D eigenvalue weighted by molar-refractivity contribution is 9.10. The van der Waals surface area contributed by atoms with Crippen molar-refractivity contribution in [2.24, 2.45) is 0 Å². The van der Waals surface area contributed by atoms with E-state index in [0.29, 0.717) is 0 Å². The molecular weight excluding hydrogens is 296 g/mol. The molecule has 1 aliphatic heterocycles. The van der Waals surface area contributed by atoms with Crippen LogP contribution in [-0.2, 0) is 0 Å². The first-order valence-electron chi connectivity index (χ1n) is 5.79. The standard InChI is InChI=1S/C13H13BrN2S/c14-10-3-4-11(13-15-5-8-17-13)12(9-10)16-6-1-2-7-16/h3-5,8-9H,1-2,6-7H2. The lowest BCUT2D eigenvalue weighted by molar-refractivity contribution is 0.949. The third kappa shape index (κ3) is 2.24. The minimum Gasteiger partial charge on any atom is -0.371 e. The Morgan fingerprint density at radius 3 is 2.76 bits per heavy atom. The molecule has 0 atom stereocenters. The Hall–Kier alpha value is -0.870. The molecule has 4 heteroatoms. The van der Waals surface area contributed by atoms with Crippen LogP contribution in [0.2, 0.25) is 0 Å². The molecule has 1 saturated heterocycles. The van der Waals surface area contributed by atoms with E-state index in [4.69, 9.17) is 0 Å². The fraction of sp³-hybridized carbons (Fsp3) is 0.308. The van der Waals surface area contributed by atoms with Gasteiger partial charge in [-0.15, -0.1) is 11.3 Å². The number of benzene rings is 1. The lowest BCUT2D eigenvalue weighted by atomic mass is 10.1. The van der Waals surface area contributed by atoms with E-state index in [1.165, 1.54) is 24.1 Å². The summed E-state index contributed by atoms with van der Waals surface area (Å²) in [5.74, 6) is 0. The second kappa shape index (κ2) is 4.78. The molecule has 1 aromatic heterocycles. The normalized spacial score (nSPS) is 15.5. The monoisotopic (exact) mass is 308 g/mol. The summed E-state index contributed by atoms with van der Waals surface area (Å²) in [5, 5.41) is 3.14. The molecule has 0 unspecified atom stereocenters. The molecule has 2 heterocycles. The van der Waals surface area contributed by atoms with Crippen LogP contribution in [-0.4, -0.2) is 18.1 Å². The molecule has 0 radical (unpaired) electrons. The summed E-state index contributed by atoms with van der Waals surface area (Å²) in [6.45, 7) is 2.32. The van der Waals surface area contributed by atoms with E-state index in [2.05, 4.69) is 44.0 Å². The van der Waals surface area contributed by atoms with Crippen LogP contribution in [0.5, 0.6) is 0 Å². The zero-order chi connectivity index (χ0) is 11.7. The number of rotatable bonds is 2. The van der Waals surface area contributed by atoms with Gasteiger partial charge in [0.15, 0.2) is 0 Å². The molecule has 0 bridgehead atoms. The summed E-state index contributed by atoms with van der Waals surface area (Å²) >= 11 is 5.26. The second-order valence-corrected chi connectivity index (χ2v) is 6.00. The van der Waals surface area contributed by atoms with Crippen LogP contribution in [0.3, 0.4) is 0 Å². The molecule has 0 N–H and O–H groups in total. The predicted octanol–water partition coefficient (Wildman–Crippen LogP) is 4.17. The fourth-order valence-corrected chi connectivity index (χ4v) is 3.28. The Bertz CT molecular complexity index is 504. The van der Waals surface area contributed by atoms with Gasteiger partial charge in [-0.1, -0.05) is 15.9 Å². The van der Waals surface area contributed by atoms with Gasteiger partial charge in [0.05, 0.1) is 0 Å². The molecule has 3 rings (SSSR count). The maximum absolute atomic E-state index is 4.42. The van der Waals surface area contributed by atoms with Gasteiger partial charge in [0.25, 0.3) is 0 Å². The number of nitrogens with zero attached hydrogens (tertiary/aromatic N) is 2. The van der Waals surface area contributed by atoms with Crippen LogP contribution in [0.1, 0.15) is 12.8 Å². The van der Waals surface area contributed by atoms with E-state index in [0.717, 1.165) is 22.6 Å². The highest BCUT2D eigenvalue weighted by atomic mass is 79.9. The van der Waals surface area contributed by atoms with Crippen LogP contribution in [0.15, 0.2) is 34.2 Å². The van der Waals surface area contributed by atoms with Crippen molar-refractivity contribution in [1.29, 1.82) is 0 Å². The average Bonchev–Trinajstić information content (AvgIpc) is 3.02. The molecule has 17 heavy (non-hydrogen) atoms. The first-order chi connectivity index (χ1) is 8.34. The Labute approximate surface area is 113 Å². The van der Waals surface area contributed by atoms with Gasteiger partial charge in [-0.3, -0.25) is 0 Å². The molecule has 0 amide bonds. The van der Waals surface area contributed by atoms with Crippen molar-refractivity contribution in [2.45, 2.75) is 12.8 Å². The minimum atomic E-state index is 1.11. The van der Waals surface area contributed by atoms with E-state index in [9.17, 15) is 0 Å². The van der Waals surface area contributed by atoms with Gasteiger partial charge in [-0.2, -0.15) is 0 Å². The summed E-state index contributed by atoms with van der Waals surface area (Å²) in [7, 11) is 0. The minimum absolute atomic E-state index is 1.11. The Morgan fingerprint density at radius 1 is 1.24 bits per heavy atom. The number of hydrogen-bond donors (Lipinski definition) is 0. The first kappa shape index (κ1) is 11.2. The smallest absolute Gasteiger partial charge is 0.125 e. The quantitative estimate of drug-likeness (QED) is 0.827. The van der Waals surface area contributed by atoms with Crippen LogP contribution >= 0.6 is 27.3 Å². The van der Waals surface area contributed by atoms with E-state index < -0.39 is 0 Å². The summed E-state index contributed by atoms with van der Waals surface area (Å²) in [4.78, 5) is 6.88. The molecule has 0 aliphatic carbocycles. The van der Waals surface area contributed by atoms with Crippen molar-refractivity contribution < 1.29 is 0 Å². The third-order valence-electron chi connectivity index (χ3n) is 3.07. The molecule has 1 aliphatic rings. The summed E-state index contributed by atoms with van der Waals surface area (Å²) in [6, 6.07) is 6.47. The van der Waals surface area contributed by atoms with Gasteiger partial charge in [-0.05, 0) is 31.0 Å². The van der Waals surface area contributed by atoms with Crippen molar-refractivity contribution in [2.75, 3.05) is 18.0 Å². The Kier molecular flexibility index (Phi) is 3.16. The van der Waals surface area contributed by atoms with Crippen molar-refractivity contribution in [3.63, 3.8) is 0 Å². The van der Waals surface area contributed by atoms with E-state index in [1.54, 1.807) is 11.3 Å². The number of halogens is 1. The number of aromatic nitrogens is 1. The summed E-state index contributed by atoms with van der Waals surface area (Å²) < 4.78 is 1.14. The van der Waals surface area contributed by atoms with Crippen molar-refractivity contribution in [3.8, 4) is 10.6 Å². The maximum atomic E-state index is 4.42. The lowest BCUT2D eigenvalue weighted by Gasteiger charge is -2.20. The lowest BCUT2D eigenvalue weighted by Crippen LogP contribution is -2.18. The van der Waals surface area contributed by atoms with Gasteiger partial charge < -0.3 is 4.90 Å². The Morgan fingerprint density at radius 2 is 2.06 bits per heavy atom. The molecule has 2 aromatic rings. The summed E-state index contributed by atoms with van der Waals surface area (Å²) in [5.41, 5.74) is 2.57. The van der Waals surface area contributed by atoms with Crippen molar-refractivity contribution >= 4 is 33.0 Å². The maximum Gasteiger partial charge on any atom is 0.125 e. The average molecular weight is 309 g/mol. The molecule has 1 aromatic carbocycles. The van der Waals surface area contributed by atoms with Crippen LogP contribution in [0, 0.1) is 0 Å². The van der Waals surface area contributed by atoms with Crippen LogP contribution in [0.4, 0.5) is 5.69 Å². The third-order valence-corrected chi connectivity index (χ3v) is 4.37. The van der Waals surface area contributed by atoms with Crippen molar-refractivity contribution in [1.82, 2.24) is 4.98 Å². The zero-order valence-electron chi connectivity index (χ0n) is 9.40. The topological polar surface area (TPSA) is 16.1 Å². The van der Waals surface area contributed by atoms with Gasteiger partial charge in [0, 0.05) is 40.4 Å². The SMILES string of the molecule is Brc1ccc(-c2nccs2)c(N2CCCC2)c1. The van der Waals surface area contributed by atoms with Crippen molar-refractivity contribution in [3.05, 3.63) is 34.2 Å². The molecule has 0 spiro atoms. The zero-order valence-corrected chi connectivity index (χ0v) is 11.8. The highest BCUT2D eigenvalue weighted by Gasteiger charge is 2.17. The van der Waals surface area contributed by atoms with Crippen LogP contribution < -0.4 is 4.90 Å². The van der Waals surface area contributed by atoms with Gasteiger partial charge in [0.1, 0.15) is 5.01 Å². The molecular formula is C13H13BrN2S. The largest absolute Gasteiger partial charge is 0.371 e. The predicted molar refractivity (Wildman–Crippen MR) is 76.7 cm³/mol. The first-order valence-corrected chi connectivity index (χ1v) is 7.46. The second-order valence-electron chi connectivity index (χ2n) is 4.19. The number of anilines is 1. The molecule has 88 valence electrons.